The van der Waals surface area contributed by atoms with Gasteiger partial charge in [-0.25, -0.2) is 4.79 Å². The molecule has 7 nitrogen and oxygen atoms in total. The quantitative estimate of drug-likeness (QED) is 0.766. The Balaban J connectivity index is 1.90. The number of carboxylic acids is 1. The number of hydrogen-bond donors (Lipinski definition) is 2. The highest BCUT2D eigenvalue weighted by Gasteiger charge is 2.33. The molecule has 1 unspecified atom stereocenters. The lowest BCUT2D eigenvalue weighted by molar-refractivity contribution is -0.147. The number of carbonyl (C=O) groups is 2. The fourth-order valence-electron chi connectivity index (χ4n) is 2.18. The van der Waals surface area contributed by atoms with Crippen LogP contribution in [0, 0.1) is 0 Å². The van der Waals surface area contributed by atoms with Crippen LogP contribution in [0.5, 0.6) is 0 Å². The van der Waals surface area contributed by atoms with Gasteiger partial charge >= 0.3 is 5.97 Å². The van der Waals surface area contributed by atoms with E-state index in [1.54, 1.807) is 0 Å². The van der Waals surface area contributed by atoms with Gasteiger partial charge in [-0.1, -0.05) is 24.6 Å². The number of amides is 1. The number of aryl methyl sites for hydroxylation is 1. The van der Waals surface area contributed by atoms with Crippen LogP contribution >= 0.6 is 11.3 Å². The molecule has 0 fully saturated rings. The molecule has 1 amide bonds. The predicted molar refractivity (Wildman–Crippen MR) is 85.0 cm³/mol. The van der Waals surface area contributed by atoms with Crippen molar-refractivity contribution in [1.29, 1.82) is 0 Å². The molecule has 2 aromatic rings. The van der Waals surface area contributed by atoms with Crippen molar-refractivity contribution in [1.82, 2.24) is 15.5 Å². The lowest BCUT2D eigenvalue weighted by Crippen LogP contribution is -2.52. The highest BCUT2D eigenvalue weighted by Crippen LogP contribution is 2.21. The van der Waals surface area contributed by atoms with Gasteiger partial charge in [0.2, 0.25) is 17.6 Å². The summed E-state index contributed by atoms with van der Waals surface area (Å²) in [6.07, 6.45) is 1.40. The molecule has 23 heavy (non-hydrogen) atoms. The Labute approximate surface area is 137 Å². The van der Waals surface area contributed by atoms with Crippen molar-refractivity contribution in [2.75, 3.05) is 0 Å². The Morgan fingerprint density at radius 1 is 1.48 bits per heavy atom. The average Bonchev–Trinajstić information content (AvgIpc) is 3.16. The number of nitrogens with zero attached hydrogens (tertiary/aromatic N) is 2. The maximum Gasteiger partial charge on any atom is 0.329 e. The molecule has 0 aromatic carbocycles. The maximum atomic E-state index is 12.0. The number of aromatic nitrogens is 2. The molecular formula is C15H19N3O4S. The molecule has 0 saturated heterocycles. The molecule has 2 N–H and O–H groups in total. The minimum absolute atomic E-state index is 0.0959. The topological polar surface area (TPSA) is 105 Å². The van der Waals surface area contributed by atoms with E-state index in [1.807, 2.05) is 24.4 Å². The van der Waals surface area contributed by atoms with Crippen molar-refractivity contribution in [3.05, 3.63) is 23.4 Å². The number of carbonyl (C=O) groups excluding carboxylic acids is 1. The standard InChI is InChI=1S/C15H19N3O4S/c1-3-8-15(2,14(20)21)17-11(19)6-7-12-16-13(18-22-12)10-5-4-9-23-10/h4-5,9H,3,6-8H2,1-2H3,(H,17,19)(H,20,21). The average molecular weight is 337 g/mol. The van der Waals surface area contributed by atoms with Crippen molar-refractivity contribution >= 4 is 23.2 Å². The number of carboxylic acid groups (broad SMARTS) is 1. The largest absolute Gasteiger partial charge is 0.480 e. The second-order valence-corrected chi connectivity index (χ2v) is 6.37. The van der Waals surface area contributed by atoms with Gasteiger partial charge in [0, 0.05) is 12.8 Å². The molecule has 0 aliphatic rings. The fourth-order valence-corrected chi connectivity index (χ4v) is 2.83. The van der Waals surface area contributed by atoms with Crippen molar-refractivity contribution in [3.63, 3.8) is 0 Å². The summed E-state index contributed by atoms with van der Waals surface area (Å²) in [7, 11) is 0. The zero-order chi connectivity index (χ0) is 16.9. The number of nitrogens with one attached hydrogen (secondary N) is 1. The minimum Gasteiger partial charge on any atom is -0.480 e. The molecule has 8 heteroatoms. The van der Waals surface area contributed by atoms with Gasteiger partial charge in [0.1, 0.15) is 5.54 Å². The molecule has 0 aliphatic carbocycles. The number of aliphatic carboxylic acids is 1. The third kappa shape index (κ3) is 4.38. The van der Waals surface area contributed by atoms with Gasteiger partial charge in [-0.15, -0.1) is 11.3 Å². The monoisotopic (exact) mass is 337 g/mol. The Morgan fingerprint density at radius 3 is 2.87 bits per heavy atom. The molecule has 2 aromatic heterocycles. The molecule has 1 atom stereocenters. The number of rotatable bonds is 8. The van der Waals surface area contributed by atoms with Gasteiger partial charge < -0.3 is 14.9 Å². The third-order valence-electron chi connectivity index (χ3n) is 3.41. The summed E-state index contributed by atoms with van der Waals surface area (Å²) >= 11 is 1.50. The first-order valence-corrected chi connectivity index (χ1v) is 8.23. The van der Waals surface area contributed by atoms with E-state index in [1.165, 1.54) is 18.3 Å². The molecule has 0 spiro atoms. The molecule has 2 heterocycles. The van der Waals surface area contributed by atoms with Crippen LogP contribution in [0.3, 0.4) is 0 Å². The van der Waals surface area contributed by atoms with Gasteiger partial charge in [0.15, 0.2) is 0 Å². The van der Waals surface area contributed by atoms with Crippen LogP contribution in [0.15, 0.2) is 22.0 Å². The summed E-state index contributed by atoms with van der Waals surface area (Å²) in [5.41, 5.74) is -1.25. The Bertz CT molecular complexity index is 668. The van der Waals surface area contributed by atoms with Crippen LogP contribution < -0.4 is 5.32 Å². The Hall–Kier alpha value is -2.22. The van der Waals surface area contributed by atoms with Crippen molar-refractivity contribution in [3.8, 4) is 10.7 Å². The smallest absolute Gasteiger partial charge is 0.329 e. The molecule has 124 valence electrons. The van der Waals surface area contributed by atoms with E-state index >= 15 is 0 Å². The second kappa shape index (κ2) is 7.36. The van der Waals surface area contributed by atoms with E-state index in [0.717, 1.165) is 4.88 Å². The van der Waals surface area contributed by atoms with E-state index < -0.39 is 11.5 Å². The molecule has 2 rings (SSSR count). The summed E-state index contributed by atoms with van der Waals surface area (Å²) in [6.45, 7) is 3.39. The van der Waals surface area contributed by atoms with E-state index in [9.17, 15) is 14.7 Å². The van der Waals surface area contributed by atoms with Gasteiger partial charge in [-0.2, -0.15) is 4.98 Å². The fraction of sp³-hybridized carbons (Fsp3) is 0.467. The summed E-state index contributed by atoms with van der Waals surface area (Å²) < 4.78 is 5.11. The zero-order valence-corrected chi connectivity index (χ0v) is 13.9. The van der Waals surface area contributed by atoms with Crippen LogP contribution in [-0.4, -0.2) is 32.7 Å². The number of thiophene rings is 1. The maximum absolute atomic E-state index is 12.0. The van der Waals surface area contributed by atoms with E-state index in [4.69, 9.17) is 4.52 Å². The van der Waals surface area contributed by atoms with Crippen LogP contribution in [0.25, 0.3) is 10.7 Å². The minimum atomic E-state index is -1.25. The molecule has 0 saturated carbocycles. The Morgan fingerprint density at radius 2 is 2.26 bits per heavy atom. The van der Waals surface area contributed by atoms with Crippen LogP contribution in [0.2, 0.25) is 0 Å². The van der Waals surface area contributed by atoms with Gasteiger partial charge in [0.05, 0.1) is 4.88 Å². The highest BCUT2D eigenvalue weighted by molar-refractivity contribution is 7.13. The van der Waals surface area contributed by atoms with Gasteiger partial charge in [0.25, 0.3) is 0 Å². The molecule has 0 aliphatic heterocycles. The highest BCUT2D eigenvalue weighted by atomic mass is 32.1. The van der Waals surface area contributed by atoms with E-state index in [-0.39, 0.29) is 18.7 Å². The summed E-state index contributed by atoms with van der Waals surface area (Å²) in [6, 6.07) is 3.78. The summed E-state index contributed by atoms with van der Waals surface area (Å²) in [5, 5.41) is 17.6. The molecular weight excluding hydrogens is 318 g/mol. The van der Waals surface area contributed by atoms with Gasteiger partial charge in [-0.05, 0) is 24.8 Å². The first kappa shape index (κ1) is 17.1. The lowest BCUT2D eigenvalue weighted by atomic mass is 9.96. The van der Waals surface area contributed by atoms with Crippen LogP contribution in [0.1, 0.15) is 39.0 Å². The second-order valence-electron chi connectivity index (χ2n) is 5.42. The summed E-state index contributed by atoms with van der Waals surface area (Å²) in [4.78, 5) is 28.4. The summed E-state index contributed by atoms with van der Waals surface area (Å²) in [5.74, 6) is -0.530. The van der Waals surface area contributed by atoms with Gasteiger partial charge in [-0.3, -0.25) is 4.79 Å². The van der Waals surface area contributed by atoms with Crippen LogP contribution in [-0.2, 0) is 16.0 Å². The molecule has 0 bridgehead atoms. The van der Waals surface area contributed by atoms with Crippen molar-refractivity contribution in [2.45, 2.75) is 45.1 Å². The van der Waals surface area contributed by atoms with E-state index in [2.05, 4.69) is 15.5 Å². The first-order valence-electron chi connectivity index (χ1n) is 7.35. The molecule has 0 radical (unpaired) electrons. The third-order valence-corrected chi connectivity index (χ3v) is 4.28. The SMILES string of the molecule is CCCC(C)(NC(=O)CCc1nc(-c2cccs2)no1)C(=O)O. The van der Waals surface area contributed by atoms with Crippen molar-refractivity contribution in [2.24, 2.45) is 0 Å². The lowest BCUT2D eigenvalue weighted by Gasteiger charge is -2.25. The predicted octanol–water partition coefficient (Wildman–Crippen LogP) is 2.49. The van der Waals surface area contributed by atoms with E-state index in [0.29, 0.717) is 24.6 Å². The Kier molecular flexibility index (Phi) is 5.49. The number of hydrogen-bond acceptors (Lipinski definition) is 6. The van der Waals surface area contributed by atoms with Crippen molar-refractivity contribution < 1.29 is 19.2 Å². The first-order chi connectivity index (χ1) is 10.9. The normalized spacial score (nSPS) is 13.5. The van der Waals surface area contributed by atoms with Crippen LogP contribution in [0.4, 0.5) is 0 Å². The zero-order valence-electron chi connectivity index (χ0n) is 13.0.